The smallest absolute Gasteiger partial charge is 0.244 e. The molecule has 0 unspecified atom stereocenters. The van der Waals surface area contributed by atoms with Gasteiger partial charge in [-0.3, -0.25) is 9.97 Å². The number of nitrogens with zero attached hydrogens (tertiary/aromatic N) is 3. The number of pyridine rings is 2. The van der Waals surface area contributed by atoms with Crippen LogP contribution < -0.4 is 10.0 Å². The number of methoxy groups -OCH3 is 1. The van der Waals surface area contributed by atoms with Crippen LogP contribution in [0.3, 0.4) is 0 Å². The molecule has 4 rings (SSSR count). The number of ether oxygens (including phenoxy) is 2. The third-order valence-electron chi connectivity index (χ3n) is 5.97. The zero-order chi connectivity index (χ0) is 23.9. The Morgan fingerprint density at radius 3 is 2.79 bits per heavy atom. The summed E-state index contributed by atoms with van der Waals surface area (Å²) in [6.07, 6.45) is 7.24. The third-order valence-corrected chi connectivity index (χ3v) is 7.40. The molecule has 0 aromatic carbocycles. The number of rotatable bonds is 11. The topological polar surface area (TPSA) is 128 Å². The summed E-state index contributed by atoms with van der Waals surface area (Å²) in [6, 6.07) is 8.76. The van der Waals surface area contributed by atoms with E-state index in [4.69, 9.17) is 14.0 Å². The molecule has 11 heteroatoms. The predicted molar refractivity (Wildman–Crippen MR) is 125 cm³/mol. The van der Waals surface area contributed by atoms with E-state index in [1.54, 1.807) is 43.8 Å². The second-order valence-corrected chi connectivity index (χ2v) is 10.1. The van der Waals surface area contributed by atoms with E-state index in [1.807, 2.05) is 6.07 Å². The first-order valence-electron chi connectivity index (χ1n) is 11.1. The van der Waals surface area contributed by atoms with Crippen LogP contribution in [0, 0.1) is 5.41 Å². The van der Waals surface area contributed by atoms with Gasteiger partial charge in [-0.25, -0.2) is 13.1 Å². The minimum atomic E-state index is -3.84. The molecule has 0 aliphatic carbocycles. The van der Waals surface area contributed by atoms with Gasteiger partial charge in [0.1, 0.15) is 10.6 Å². The van der Waals surface area contributed by atoms with Gasteiger partial charge in [0.15, 0.2) is 5.76 Å². The fourth-order valence-electron chi connectivity index (χ4n) is 4.05. The van der Waals surface area contributed by atoms with Crippen LogP contribution in [0.5, 0.6) is 0 Å². The molecule has 1 aliphatic rings. The highest BCUT2D eigenvalue weighted by Gasteiger charge is 2.32. The molecule has 0 saturated carbocycles. The van der Waals surface area contributed by atoms with Crippen molar-refractivity contribution in [2.24, 2.45) is 5.41 Å². The lowest BCUT2D eigenvalue weighted by atomic mass is 9.78. The summed E-state index contributed by atoms with van der Waals surface area (Å²) in [5.74, 6) is 0.469. The van der Waals surface area contributed by atoms with Crippen LogP contribution in [-0.2, 0) is 26.0 Å². The molecule has 1 fully saturated rings. The molecule has 182 valence electrons. The van der Waals surface area contributed by atoms with E-state index in [2.05, 4.69) is 25.2 Å². The van der Waals surface area contributed by atoms with Crippen LogP contribution in [0.25, 0.3) is 11.5 Å². The Morgan fingerprint density at radius 2 is 2.03 bits per heavy atom. The van der Waals surface area contributed by atoms with Crippen LogP contribution in [-0.4, -0.2) is 57.0 Å². The summed E-state index contributed by atoms with van der Waals surface area (Å²) >= 11 is 0. The maximum atomic E-state index is 13.0. The van der Waals surface area contributed by atoms with Gasteiger partial charge < -0.3 is 19.3 Å². The predicted octanol–water partition coefficient (Wildman–Crippen LogP) is 2.86. The zero-order valence-corrected chi connectivity index (χ0v) is 19.9. The molecule has 34 heavy (non-hydrogen) atoms. The van der Waals surface area contributed by atoms with Gasteiger partial charge in [0, 0.05) is 51.5 Å². The number of sulfonamides is 1. The summed E-state index contributed by atoms with van der Waals surface area (Å²) in [5, 5.41) is 7.22. The molecule has 0 amide bonds. The highest BCUT2D eigenvalue weighted by Crippen LogP contribution is 2.34. The molecular formula is C23H29N5O5S. The van der Waals surface area contributed by atoms with Crippen molar-refractivity contribution >= 4 is 15.7 Å². The minimum Gasteiger partial charge on any atom is -0.384 e. The van der Waals surface area contributed by atoms with E-state index in [-0.39, 0.29) is 16.9 Å². The number of anilines is 1. The first-order valence-corrected chi connectivity index (χ1v) is 12.6. The van der Waals surface area contributed by atoms with Crippen molar-refractivity contribution in [1.29, 1.82) is 0 Å². The highest BCUT2D eigenvalue weighted by molar-refractivity contribution is 7.89. The lowest BCUT2D eigenvalue weighted by Gasteiger charge is -2.36. The Balaban J connectivity index is 1.39. The first-order chi connectivity index (χ1) is 16.5. The van der Waals surface area contributed by atoms with Crippen molar-refractivity contribution in [2.75, 3.05) is 38.8 Å². The molecule has 1 saturated heterocycles. The fourth-order valence-corrected chi connectivity index (χ4v) is 5.17. The molecular weight excluding hydrogens is 458 g/mol. The van der Waals surface area contributed by atoms with Crippen molar-refractivity contribution in [2.45, 2.75) is 30.7 Å². The van der Waals surface area contributed by atoms with Gasteiger partial charge in [-0.15, -0.1) is 0 Å². The zero-order valence-electron chi connectivity index (χ0n) is 19.1. The van der Waals surface area contributed by atoms with Crippen LogP contribution in [0.4, 0.5) is 5.69 Å². The fraction of sp³-hybridized carbons (Fsp3) is 0.435. The van der Waals surface area contributed by atoms with Gasteiger partial charge >= 0.3 is 0 Å². The van der Waals surface area contributed by atoms with Crippen molar-refractivity contribution in [1.82, 2.24) is 19.8 Å². The molecule has 4 heterocycles. The minimum absolute atomic E-state index is 0.0239. The second-order valence-electron chi connectivity index (χ2n) is 8.32. The number of hydrogen-bond acceptors (Lipinski definition) is 9. The maximum absolute atomic E-state index is 13.0. The molecule has 10 nitrogen and oxygen atoms in total. The monoisotopic (exact) mass is 487 g/mol. The lowest BCUT2D eigenvalue weighted by Crippen LogP contribution is -2.35. The van der Waals surface area contributed by atoms with Crippen LogP contribution in [0.2, 0.25) is 0 Å². The van der Waals surface area contributed by atoms with Gasteiger partial charge in [0.2, 0.25) is 10.0 Å². The maximum Gasteiger partial charge on any atom is 0.244 e. The largest absolute Gasteiger partial charge is 0.384 e. The Labute approximate surface area is 199 Å². The van der Waals surface area contributed by atoms with Crippen LogP contribution in [0.1, 0.15) is 25.0 Å². The van der Waals surface area contributed by atoms with E-state index >= 15 is 0 Å². The summed E-state index contributed by atoms with van der Waals surface area (Å²) in [5.41, 5.74) is 1.60. The molecule has 3 aromatic rings. The van der Waals surface area contributed by atoms with Crippen LogP contribution >= 0.6 is 0 Å². The Morgan fingerprint density at radius 1 is 1.18 bits per heavy atom. The molecule has 0 bridgehead atoms. The van der Waals surface area contributed by atoms with Gasteiger partial charge in [-0.2, -0.15) is 0 Å². The molecule has 3 aromatic heterocycles. The summed E-state index contributed by atoms with van der Waals surface area (Å²) in [4.78, 5) is 8.30. The molecule has 2 N–H and O–H groups in total. The first kappa shape index (κ1) is 24.3. The van der Waals surface area contributed by atoms with Gasteiger partial charge in [-0.05, 0) is 42.9 Å². The Bertz CT molecular complexity index is 1160. The van der Waals surface area contributed by atoms with E-state index in [0.29, 0.717) is 49.2 Å². The van der Waals surface area contributed by atoms with Crippen molar-refractivity contribution < 1.29 is 22.4 Å². The Hall–Kier alpha value is -2.86. The normalized spacial score (nSPS) is 15.8. The van der Waals surface area contributed by atoms with Crippen molar-refractivity contribution in [3.05, 3.63) is 54.6 Å². The van der Waals surface area contributed by atoms with Gasteiger partial charge in [0.05, 0.1) is 24.5 Å². The summed E-state index contributed by atoms with van der Waals surface area (Å²) in [7, 11) is -2.14. The summed E-state index contributed by atoms with van der Waals surface area (Å²) in [6.45, 7) is 2.66. The van der Waals surface area contributed by atoms with Gasteiger partial charge in [-0.1, -0.05) is 11.2 Å². The van der Waals surface area contributed by atoms with E-state index in [9.17, 15) is 8.42 Å². The molecule has 1 aliphatic heterocycles. The Kier molecular flexibility index (Phi) is 7.88. The molecule has 0 radical (unpaired) electrons. The van der Waals surface area contributed by atoms with Crippen molar-refractivity contribution in [3.63, 3.8) is 0 Å². The third kappa shape index (κ3) is 5.98. The SMILES string of the molecule is COCC1(CCNc2ccncc2S(=O)(=O)NCc2cc(-c3ccccn3)on2)CCOCC1. The average Bonchev–Trinajstić information content (AvgIpc) is 3.34. The van der Waals surface area contributed by atoms with E-state index in [1.165, 1.54) is 6.20 Å². The average molecular weight is 488 g/mol. The quantitative estimate of drug-likeness (QED) is 0.419. The van der Waals surface area contributed by atoms with E-state index in [0.717, 1.165) is 19.3 Å². The van der Waals surface area contributed by atoms with Gasteiger partial charge in [0.25, 0.3) is 0 Å². The highest BCUT2D eigenvalue weighted by atomic mass is 32.2. The van der Waals surface area contributed by atoms with E-state index < -0.39 is 10.0 Å². The summed E-state index contributed by atoms with van der Waals surface area (Å²) < 4.78 is 44.9. The van der Waals surface area contributed by atoms with Crippen molar-refractivity contribution in [3.8, 4) is 11.5 Å². The lowest BCUT2D eigenvalue weighted by molar-refractivity contribution is -0.0302. The number of aromatic nitrogens is 3. The molecule has 0 spiro atoms. The number of nitrogens with one attached hydrogen (secondary N) is 2. The van der Waals surface area contributed by atoms with Crippen LogP contribution in [0.15, 0.2) is 58.3 Å². The molecule has 0 atom stereocenters. The standard InChI is InChI=1S/C23H29N5O5S/c1-31-17-23(7-12-32-13-8-23)6-11-26-20-5-10-24-16-22(20)34(29,30)27-15-18-14-21(33-28-18)19-4-2-3-9-25-19/h2-5,9-10,14,16,27H,6-8,11-13,15,17H2,1H3,(H,24,26). The second kappa shape index (κ2) is 11.0. The number of hydrogen-bond donors (Lipinski definition) is 2.